The third-order valence-corrected chi connectivity index (χ3v) is 3.78. The SMILES string of the molecule is OCCN1CCOCCOCCN(CCO)CCOCCOCC1.[I-].[Na+]. The van der Waals surface area contributed by atoms with Crippen molar-refractivity contribution in [2.75, 3.05) is 105 Å². The van der Waals surface area contributed by atoms with Gasteiger partial charge in [-0.15, -0.1) is 0 Å². The van der Waals surface area contributed by atoms with E-state index in [-0.39, 0.29) is 66.7 Å². The maximum absolute atomic E-state index is 9.09. The molecule has 1 aliphatic rings. The first-order valence-electron chi connectivity index (χ1n) is 8.84. The summed E-state index contributed by atoms with van der Waals surface area (Å²) < 4.78 is 22.3. The molecule has 0 aromatic rings. The number of β-amino-alcohol motifs (C(OH)–C–C–N with tert-alkyl or cyclic N) is 2. The molecule has 0 atom stereocenters. The van der Waals surface area contributed by atoms with Gasteiger partial charge in [0.1, 0.15) is 0 Å². The van der Waals surface area contributed by atoms with Gasteiger partial charge >= 0.3 is 29.6 Å². The molecule has 0 aromatic carbocycles. The summed E-state index contributed by atoms with van der Waals surface area (Å²) in [6.45, 7) is 9.30. The minimum absolute atomic E-state index is 0. The molecule has 1 fully saturated rings. The predicted octanol–water partition coefficient (Wildman–Crippen LogP) is -7.34. The van der Waals surface area contributed by atoms with E-state index in [9.17, 15) is 0 Å². The van der Waals surface area contributed by atoms with Crippen LogP contribution in [0.4, 0.5) is 0 Å². The molecule has 0 bridgehead atoms. The molecule has 10 heteroatoms. The molecular weight excluding hydrogens is 466 g/mol. The van der Waals surface area contributed by atoms with Gasteiger partial charge in [0, 0.05) is 39.3 Å². The Balaban J connectivity index is 0. The first kappa shape index (κ1) is 29.6. The van der Waals surface area contributed by atoms with Gasteiger partial charge in [-0.05, 0) is 0 Å². The molecule has 1 rings (SSSR count). The first-order chi connectivity index (χ1) is 11.9. The van der Waals surface area contributed by atoms with Crippen LogP contribution in [0.2, 0.25) is 0 Å². The van der Waals surface area contributed by atoms with Gasteiger partial charge in [0.2, 0.25) is 0 Å². The second-order valence-corrected chi connectivity index (χ2v) is 5.58. The maximum atomic E-state index is 9.09. The van der Waals surface area contributed by atoms with E-state index >= 15 is 0 Å². The zero-order chi connectivity index (χ0) is 17.3. The number of aliphatic hydroxyl groups excluding tert-OH is 2. The number of hydrogen-bond acceptors (Lipinski definition) is 8. The maximum Gasteiger partial charge on any atom is 1.00 e. The molecule has 0 amide bonds. The molecule has 0 unspecified atom stereocenters. The van der Waals surface area contributed by atoms with Crippen LogP contribution < -0.4 is 53.5 Å². The number of rotatable bonds is 4. The van der Waals surface area contributed by atoms with Crippen LogP contribution in [-0.4, -0.2) is 125 Å². The fraction of sp³-hybridized carbons (Fsp3) is 1.00. The summed E-state index contributed by atoms with van der Waals surface area (Å²) in [6, 6.07) is 0. The molecule has 1 saturated heterocycles. The van der Waals surface area contributed by atoms with Crippen molar-refractivity contribution in [2.24, 2.45) is 0 Å². The monoisotopic (exact) mass is 500 g/mol. The van der Waals surface area contributed by atoms with Crippen LogP contribution in [0.1, 0.15) is 0 Å². The Morgan fingerprint density at radius 3 is 1.04 bits per heavy atom. The summed E-state index contributed by atoms with van der Waals surface area (Å²) in [6.07, 6.45) is 0. The molecular formula is C16H34IN2NaO6. The number of nitrogens with zero attached hydrogens (tertiary/aromatic N) is 2. The van der Waals surface area contributed by atoms with Crippen LogP contribution in [-0.2, 0) is 18.9 Å². The van der Waals surface area contributed by atoms with E-state index in [4.69, 9.17) is 29.2 Å². The fourth-order valence-corrected chi connectivity index (χ4v) is 2.37. The average Bonchev–Trinajstić information content (AvgIpc) is 2.58. The van der Waals surface area contributed by atoms with Crippen LogP contribution in [0.25, 0.3) is 0 Å². The molecule has 0 spiro atoms. The summed E-state index contributed by atoms with van der Waals surface area (Å²) >= 11 is 0. The van der Waals surface area contributed by atoms with Crippen LogP contribution in [0.5, 0.6) is 0 Å². The van der Waals surface area contributed by atoms with Gasteiger partial charge < -0.3 is 53.1 Å². The molecule has 2 N–H and O–H groups in total. The minimum Gasteiger partial charge on any atom is -1.00 e. The van der Waals surface area contributed by atoms with Crippen LogP contribution in [0, 0.1) is 0 Å². The van der Waals surface area contributed by atoms with Crippen LogP contribution >= 0.6 is 0 Å². The van der Waals surface area contributed by atoms with E-state index in [1.807, 2.05) is 0 Å². The summed E-state index contributed by atoms with van der Waals surface area (Å²) in [4.78, 5) is 4.25. The van der Waals surface area contributed by atoms with Crippen molar-refractivity contribution >= 4 is 0 Å². The van der Waals surface area contributed by atoms with Crippen molar-refractivity contribution in [1.82, 2.24) is 9.80 Å². The van der Waals surface area contributed by atoms with Gasteiger partial charge in [0.15, 0.2) is 0 Å². The summed E-state index contributed by atoms with van der Waals surface area (Å²) in [5, 5.41) is 18.2. The molecule has 0 aliphatic carbocycles. The third-order valence-electron chi connectivity index (χ3n) is 3.78. The van der Waals surface area contributed by atoms with E-state index in [1.54, 1.807) is 0 Å². The Labute approximate surface area is 196 Å². The zero-order valence-electron chi connectivity index (χ0n) is 16.1. The van der Waals surface area contributed by atoms with E-state index in [1.165, 1.54) is 0 Å². The number of aliphatic hydroxyl groups is 2. The molecule has 152 valence electrons. The Kier molecular flexibility index (Phi) is 25.8. The fourth-order valence-electron chi connectivity index (χ4n) is 2.37. The van der Waals surface area contributed by atoms with E-state index in [2.05, 4.69) is 9.80 Å². The normalized spacial score (nSPS) is 21.0. The van der Waals surface area contributed by atoms with E-state index < -0.39 is 0 Å². The van der Waals surface area contributed by atoms with Crippen molar-refractivity contribution in [2.45, 2.75) is 0 Å². The topological polar surface area (TPSA) is 83.9 Å². The average molecular weight is 500 g/mol. The molecule has 0 radical (unpaired) electrons. The van der Waals surface area contributed by atoms with Gasteiger partial charge in [0.25, 0.3) is 0 Å². The smallest absolute Gasteiger partial charge is 1.00 e. The summed E-state index contributed by atoms with van der Waals surface area (Å²) in [5.41, 5.74) is 0. The molecule has 8 nitrogen and oxygen atoms in total. The first-order valence-corrected chi connectivity index (χ1v) is 8.84. The van der Waals surface area contributed by atoms with Gasteiger partial charge in [-0.2, -0.15) is 0 Å². The molecule has 1 heterocycles. The quantitative estimate of drug-likeness (QED) is 0.291. The van der Waals surface area contributed by atoms with Crippen LogP contribution in [0.15, 0.2) is 0 Å². The van der Waals surface area contributed by atoms with Gasteiger partial charge in [0.05, 0.1) is 66.1 Å². The molecule has 1 aliphatic heterocycles. The molecule has 0 aromatic heterocycles. The summed E-state index contributed by atoms with van der Waals surface area (Å²) in [5.74, 6) is 0. The number of hydrogen-bond donors (Lipinski definition) is 2. The number of ether oxygens (including phenoxy) is 4. The molecule has 26 heavy (non-hydrogen) atoms. The Bertz CT molecular complexity index is 239. The largest absolute Gasteiger partial charge is 1.00 e. The van der Waals surface area contributed by atoms with Gasteiger partial charge in [-0.3, -0.25) is 9.80 Å². The Morgan fingerprint density at radius 2 is 0.808 bits per heavy atom. The second-order valence-electron chi connectivity index (χ2n) is 5.58. The minimum atomic E-state index is 0. The van der Waals surface area contributed by atoms with Crippen molar-refractivity contribution in [3.05, 3.63) is 0 Å². The van der Waals surface area contributed by atoms with Crippen molar-refractivity contribution in [3.8, 4) is 0 Å². The van der Waals surface area contributed by atoms with E-state index in [0.29, 0.717) is 65.9 Å². The van der Waals surface area contributed by atoms with Crippen LogP contribution in [0.3, 0.4) is 0 Å². The Hall–Kier alpha value is 1.41. The van der Waals surface area contributed by atoms with Gasteiger partial charge in [-0.25, -0.2) is 0 Å². The van der Waals surface area contributed by atoms with Crippen molar-refractivity contribution in [3.63, 3.8) is 0 Å². The van der Waals surface area contributed by atoms with Gasteiger partial charge in [-0.1, -0.05) is 0 Å². The third kappa shape index (κ3) is 17.5. The predicted molar refractivity (Wildman–Crippen MR) is 90.3 cm³/mol. The molecule has 0 saturated carbocycles. The standard InChI is InChI=1S/C16H34N2O6.HI.Na/c19-7-1-17-3-9-21-13-15-23-11-5-18(2-8-20)6-12-24-16-14-22-10-4-17;;/h19-20H,1-16H2;1H;/q;;+1/p-1. The van der Waals surface area contributed by atoms with Crippen molar-refractivity contribution in [1.29, 1.82) is 0 Å². The number of halogens is 1. The summed E-state index contributed by atoms with van der Waals surface area (Å²) in [7, 11) is 0. The van der Waals surface area contributed by atoms with Crippen molar-refractivity contribution < 1.29 is 82.7 Å². The Morgan fingerprint density at radius 1 is 0.538 bits per heavy atom. The zero-order valence-corrected chi connectivity index (χ0v) is 20.3. The second kappa shape index (κ2) is 22.7. The van der Waals surface area contributed by atoms with E-state index in [0.717, 1.165) is 26.2 Å².